The highest BCUT2D eigenvalue weighted by molar-refractivity contribution is 5.28. The highest BCUT2D eigenvalue weighted by Gasteiger charge is 1.95. The summed E-state index contributed by atoms with van der Waals surface area (Å²) in [6.45, 7) is 6.76. The fourth-order valence-corrected chi connectivity index (χ4v) is 1.34. The van der Waals surface area contributed by atoms with Gasteiger partial charge in [0.05, 0.1) is 6.61 Å². The third kappa shape index (κ3) is 3.82. The minimum atomic E-state index is 0.804. The predicted molar refractivity (Wildman–Crippen MR) is 60.5 cm³/mol. The van der Waals surface area contributed by atoms with Crippen molar-refractivity contribution in [1.29, 1.82) is 0 Å². The van der Waals surface area contributed by atoms with Gasteiger partial charge in [-0.05, 0) is 37.0 Å². The summed E-state index contributed by atoms with van der Waals surface area (Å²) in [7, 11) is 0. The average molecular weight is 191 g/mol. The Morgan fingerprint density at radius 2 is 2.21 bits per heavy atom. The Morgan fingerprint density at radius 3 is 2.93 bits per heavy atom. The van der Waals surface area contributed by atoms with Crippen LogP contribution in [0.2, 0.25) is 0 Å². The smallest absolute Gasteiger partial charge is 0.119 e. The molecule has 0 aromatic heterocycles. The van der Waals surface area contributed by atoms with Gasteiger partial charge in [-0.25, -0.2) is 0 Å². The number of ether oxygens (including phenoxy) is 1. The van der Waals surface area contributed by atoms with Crippen LogP contribution in [0.1, 0.15) is 31.7 Å². The van der Waals surface area contributed by atoms with E-state index in [-0.39, 0.29) is 0 Å². The minimum absolute atomic E-state index is 0.804. The molecule has 1 aromatic carbocycles. The number of rotatable bonds is 6. The van der Waals surface area contributed by atoms with Crippen LogP contribution < -0.4 is 4.74 Å². The van der Waals surface area contributed by atoms with Crippen molar-refractivity contribution < 1.29 is 4.74 Å². The van der Waals surface area contributed by atoms with E-state index in [1.54, 1.807) is 0 Å². The summed E-state index contributed by atoms with van der Waals surface area (Å²) in [5, 5.41) is 0. The quantitative estimate of drug-likeness (QED) is 0.667. The van der Waals surface area contributed by atoms with Crippen molar-refractivity contribution in [2.24, 2.45) is 0 Å². The van der Waals surface area contributed by atoms with Crippen LogP contribution in [-0.4, -0.2) is 6.61 Å². The topological polar surface area (TPSA) is 9.23 Å². The Hall–Kier alpha value is -0.980. The van der Waals surface area contributed by atoms with Gasteiger partial charge in [0.25, 0.3) is 0 Å². The second-order valence-corrected chi connectivity index (χ2v) is 3.45. The predicted octanol–water partition coefficient (Wildman–Crippen LogP) is 3.63. The van der Waals surface area contributed by atoms with Crippen molar-refractivity contribution >= 4 is 0 Å². The van der Waals surface area contributed by atoms with Crippen LogP contribution in [-0.2, 0) is 6.42 Å². The molecule has 77 valence electrons. The zero-order chi connectivity index (χ0) is 10.2. The number of hydrogen-bond donors (Lipinski definition) is 0. The second kappa shape index (κ2) is 6.47. The van der Waals surface area contributed by atoms with Crippen LogP contribution in [0.25, 0.3) is 0 Å². The third-order valence-corrected chi connectivity index (χ3v) is 2.09. The Labute approximate surface area is 87.1 Å². The molecule has 0 N–H and O–H groups in total. The number of benzene rings is 1. The van der Waals surface area contributed by atoms with Crippen molar-refractivity contribution in [3.8, 4) is 5.75 Å². The molecule has 0 bridgehead atoms. The van der Waals surface area contributed by atoms with Crippen LogP contribution in [0.5, 0.6) is 5.75 Å². The van der Waals surface area contributed by atoms with Crippen LogP contribution >= 0.6 is 0 Å². The number of hydrogen-bond acceptors (Lipinski definition) is 1. The van der Waals surface area contributed by atoms with Crippen LogP contribution in [0.3, 0.4) is 0 Å². The van der Waals surface area contributed by atoms with Gasteiger partial charge in [0.2, 0.25) is 0 Å². The highest BCUT2D eigenvalue weighted by atomic mass is 16.5. The normalized spacial score (nSPS) is 10.1. The Bertz CT molecular complexity index is 232. The summed E-state index contributed by atoms with van der Waals surface area (Å²) < 4.78 is 5.56. The lowest BCUT2D eigenvalue weighted by molar-refractivity contribution is 0.317. The van der Waals surface area contributed by atoms with E-state index in [1.165, 1.54) is 5.56 Å². The van der Waals surface area contributed by atoms with Gasteiger partial charge in [0, 0.05) is 0 Å². The van der Waals surface area contributed by atoms with Crippen molar-refractivity contribution in [2.75, 3.05) is 6.61 Å². The molecule has 1 nitrogen and oxygen atoms in total. The molecule has 0 aliphatic rings. The van der Waals surface area contributed by atoms with Crippen LogP contribution in [0.4, 0.5) is 0 Å². The molecule has 1 radical (unpaired) electrons. The molecular weight excluding hydrogens is 172 g/mol. The molecular formula is C13H19O. The summed E-state index contributed by atoms with van der Waals surface area (Å²) in [5.74, 6) is 0.994. The first-order valence-corrected chi connectivity index (χ1v) is 5.37. The molecule has 0 amide bonds. The first-order chi connectivity index (χ1) is 6.86. The first-order valence-electron chi connectivity index (χ1n) is 5.37. The zero-order valence-corrected chi connectivity index (χ0v) is 8.96. The molecule has 1 rings (SSSR count). The molecule has 0 atom stereocenters. The largest absolute Gasteiger partial charge is 0.494 e. The van der Waals surface area contributed by atoms with Gasteiger partial charge in [-0.1, -0.05) is 32.4 Å². The van der Waals surface area contributed by atoms with Gasteiger partial charge < -0.3 is 4.74 Å². The molecule has 0 spiro atoms. The van der Waals surface area contributed by atoms with Crippen molar-refractivity contribution in [2.45, 2.75) is 32.6 Å². The average Bonchev–Trinajstić information content (AvgIpc) is 2.24. The Kier molecular flexibility index (Phi) is 5.13. The lowest BCUT2D eigenvalue weighted by atomic mass is 10.1. The minimum Gasteiger partial charge on any atom is -0.494 e. The second-order valence-electron chi connectivity index (χ2n) is 3.45. The molecule has 0 heterocycles. The molecule has 0 saturated heterocycles. The van der Waals surface area contributed by atoms with E-state index in [1.807, 2.05) is 6.07 Å². The third-order valence-electron chi connectivity index (χ3n) is 2.09. The van der Waals surface area contributed by atoms with Crippen molar-refractivity contribution in [3.05, 3.63) is 36.8 Å². The summed E-state index contributed by atoms with van der Waals surface area (Å²) in [6.07, 6.45) is 4.31. The van der Waals surface area contributed by atoms with Gasteiger partial charge in [0.15, 0.2) is 0 Å². The summed E-state index contributed by atoms with van der Waals surface area (Å²) >= 11 is 0. The highest BCUT2D eigenvalue weighted by Crippen LogP contribution is 2.15. The zero-order valence-electron chi connectivity index (χ0n) is 8.96. The van der Waals surface area contributed by atoms with Gasteiger partial charge in [-0.15, -0.1) is 0 Å². The standard InChI is InChI=1S/C13H19O/c1-3-5-7-12-8-6-9-13(11-12)14-10-4-2/h6,8-9,11H,1,3-5,7,10H2,2H3. The van der Waals surface area contributed by atoms with E-state index in [9.17, 15) is 0 Å². The number of aryl methyl sites for hydroxylation is 1. The summed E-state index contributed by atoms with van der Waals surface area (Å²) in [4.78, 5) is 0. The molecule has 0 saturated carbocycles. The van der Waals surface area contributed by atoms with E-state index < -0.39 is 0 Å². The maximum Gasteiger partial charge on any atom is 0.119 e. The molecule has 0 aliphatic heterocycles. The Morgan fingerprint density at radius 1 is 1.36 bits per heavy atom. The monoisotopic (exact) mass is 191 g/mol. The first kappa shape index (κ1) is 11.1. The molecule has 1 heteroatoms. The summed E-state index contributed by atoms with van der Waals surface area (Å²) in [5.41, 5.74) is 1.35. The lowest BCUT2D eigenvalue weighted by Gasteiger charge is -2.06. The van der Waals surface area contributed by atoms with Crippen LogP contribution in [0.15, 0.2) is 24.3 Å². The SMILES string of the molecule is [CH2]CCCc1cccc(OCCC)c1. The van der Waals surface area contributed by atoms with E-state index in [0.29, 0.717) is 0 Å². The van der Waals surface area contributed by atoms with Gasteiger partial charge in [-0.2, -0.15) is 0 Å². The van der Waals surface area contributed by atoms with E-state index in [4.69, 9.17) is 4.74 Å². The maximum absolute atomic E-state index is 5.56. The molecule has 14 heavy (non-hydrogen) atoms. The molecule has 1 aromatic rings. The van der Waals surface area contributed by atoms with E-state index in [0.717, 1.165) is 38.0 Å². The molecule has 0 fully saturated rings. The van der Waals surface area contributed by atoms with E-state index >= 15 is 0 Å². The number of unbranched alkanes of at least 4 members (excludes halogenated alkanes) is 1. The van der Waals surface area contributed by atoms with Gasteiger partial charge in [0.1, 0.15) is 5.75 Å². The molecule has 0 unspecified atom stereocenters. The fourth-order valence-electron chi connectivity index (χ4n) is 1.34. The van der Waals surface area contributed by atoms with Crippen molar-refractivity contribution in [1.82, 2.24) is 0 Å². The molecule has 0 aliphatic carbocycles. The van der Waals surface area contributed by atoms with Gasteiger partial charge in [-0.3, -0.25) is 0 Å². The Balaban J connectivity index is 2.50. The fraction of sp³-hybridized carbons (Fsp3) is 0.462. The maximum atomic E-state index is 5.56. The van der Waals surface area contributed by atoms with Crippen LogP contribution in [0, 0.1) is 6.92 Å². The van der Waals surface area contributed by atoms with Gasteiger partial charge >= 0.3 is 0 Å². The summed E-state index contributed by atoms with van der Waals surface area (Å²) in [6, 6.07) is 8.35. The van der Waals surface area contributed by atoms with E-state index in [2.05, 4.69) is 32.0 Å². The lowest BCUT2D eigenvalue weighted by Crippen LogP contribution is -1.95. The van der Waals surface area contributed by atoms with Crippen molar-refractivity contribution in [3.63, 3.8) is 0 Å².